The number of hydrogen-bond donors (Lipinski definition) is 0. The summed E-state index contributed by atoms with van der Waals surface area (Å²) in [5, 5.41) is 0. The number of halogens is 41. The molecular weight excluding hydrogens is 1060 g/mol. The minimum Gasteiger partial charge on any atom is -0.199 e. The van der Waals surface area contributed by atoms with Crippen molar-refractivity contribution in [3.8, 4) is 0 Å². The molecule has 0 spiro atoms. The monoisotopic (exact) mass is 1060 g/mol. The van der Waals surface area contributed by atoms with Crippen LogP contribution in [0.1, 0.15) is 13.8 Å². The van der Waals surface area contributed by atoms with Gasteiger partial charge in [-0.3, -0.25) is 0 Å². The first-order valence-electron chi connectivity index (χ1n) is 13.9. The maximum absolute atomic E-state index is 14.0. The predicted molar refractivity (Wildman–Crippen MR) is 115 cm³/mol. The molecule has 0 aromatic heterocycles. The molecule has 0 aliphatic heterocycles. The van der Waals surface area contributed by atoms with Crippen LogP contribution in [0.5, 0.6) is 0 Å². The van der Waals surface area contributed by atoms with Gasteiger partial charge in [-0.25, -0.2) is 0 Å². The highest BCUT2D eigenvalue weighted by Gasteiger charge is 3.03. The van der Waals surface area contributed by atoms with Gasteiger partial charge in [-0.15, -0.1) is 0 Å². The van der Waals surface area contributed by atoms with Gasteiger partial charge in [0.1, 0.15) is 0 Å². The van der Waals surface area contributed by atoms with Crippen molar-refractivity contribution in [3.63, 3.8) is 0 Å². The molecular formula is C23H7F41. The zero-order valence-electron chi connectivity index (χ0n) is 28.1. The molecule has 0 unspecified atom stereocenters. The quantitative estimate of drug-likeness (QED) is 0.113. The van der Waals surface area contributed by atoms with E-state index in [1.807, 2.05) is 0 Å². The number of alkyl halides is 41. The Balaban J connectivity index is 8.01. The molecule has 0 heterocycles. The summed E-state index contributed by atoms with van der Waals surface area (Å²) in [6.07, 6.45) is -8.52. The largest absolute Gasteiger partial charge is 0.460 e. The van der Waals surface area contributed by atoms with Gasteiger partial charge in [0.25, 0.3) is 0 Å². The van der Waals surface area contributed by atoms with Crippen LogP contribution in [0.25, 0.3) is 0 Å². The van der Waals surface area contributed by atoms with Crippen LogP contribution in [-0.4, -0.2) is 119 Å². The summed E-state index contributed by atoms with van der Waals surface area (Å²) in [6, 6.07) is 0. The van der Waals surface area contributed by atoms with E-state index in [0.29, 0.717) is 0 Å². The van der Waals surface area contributed by atoms with Crippen molar-refractivity contribution >= 4 is 0 Å². The lowest BCUT2D eigenvalue weighted by Gasteiger charge is -2.47. The van der Waals surface area contributed by atoms with E-state index in [4.69, 9.17) is 0 Å². The minimum absolute atomic E-state index is 0.477. The fourth-order valence-electron chi connectivity index (χ4n) is 3.90. The van der Waals surface area contributed by atoms with Gasteiger partial charge in [0.05, 0.1) is 0 Å². The first kappa shape index (κ1) is 61.1. The molecule has 0 fully saturated rings. The third-order valence-electron chi connectivity index (χ3n) is 8.20. The van der Waals surface area contributed by atoms with E-state index in [2.05, 4.69) is 0 Å². The predicted octanol–water partition coefficient (Wildman–Crippen LogP) is 14.3. The van der Waals surface area contributed by atoms with E-state index in [1.54, 1.807) is 0 Å². The van der Waals surface area contributed by atoms with Crippen LogP contribution in [-0.2, 0) is 0 Å². The van der Waals surface area contributed by atoms with E-state index in [9.17, 15) is 180 Å². The van der Waals surface area contributed by atoms with Crippen molar-refractivity contribution < 1.29 is 180 Å². The van der Waals surface area contributed by atoms with Gasteiger partial charge >= 0.3 is 119 Å². The topological polar surface area (TPSA) is 0 Å². The lowest BCUT2D eigenvalue weighted by Crippen LogP contribution is -2.80. The maximum atomic E-state index is 14.0. The first-order valence-corrected chi connectivity index (χ1v) is 13.9. The summed E-state index contributed by atoms with van der Waals surface area (Å²) < 4.78 is 559. The molecule has 0 aliphatic carbocycles. The van der Waals surface area contributed by atoms with Gasteiger partial charge in [-0.1, -0.05) is 13.8 Å². The van der Waals surface area contributed by atoms with Gasteiger partial charge < -0.3 is 0 Å². The lowest BCUT2D eigenvalue weighted by molar-refractivity contribution is -0.496. The Morgan fingerprint density at radius 2 is 0.250 bits per heavy atom. The summed E-state index contributed by atoms with van der Waals surface area (Å²) in [4.78, 5) is 0. The number of rotatable bonds is 19. The van der Waals surface area contributed by atoms with Gasteiger partial charge in [0.15, 0.2) is 0 Å². The van der Waals surface area contributed by atoms with Crippen LogP contribution in [0, 0.1) is 5.92 Å². The van der Waals surface area contributed by atoms with Crippen molar-refractivity contribution in [2.24, 2.45) is 5.92 Å². The van der Waals surface area contributed by atoms with Crippen LogP contribution in [0.4, 0.5) is 180 Å². The fourth-order valence-corrected chi connectivity index (χ4v) is 3.90. The van der Waals surface area contributed by atoms with Crippen molar-refractivity contribution in [2.45, 2.75) is 133 Å². The third kappa shape index (κ3) is 6.59. The molecule has 0 nitrogen and oxygen atoms in total. The Hall–Kier alpha value is -2.87. The second-order valence-corrected chi connectivity index (χ2v) is 12.6. The van der Waals surface area contributed by atoms with Crippen LogP contribution in [0.3, 0.4) is 0 Å². The molecule has 0 saturated carbocycles. The maximum Gasteiger partial charge on any atom is 0.460 e. The van der Waals surface area contributed by atoms with Gasteiger partial charge in [0.2, 0.25) is 0 Å². The summed E-state index contributed by atoms with van der Waals surface area (Å²) in [5.74, 6) is -191. The summed E-state index contributed by atoms with van der Waals surface area (Å²) >= 11 is 0. The van der Waals surface area contributed by atoms with E-state index >= 15 is 0 Å². The zero-order valence-corrected chi connectivity index (χ0v) is 28.1. The Labute approximate surface area is 320 Å². The molecule has 386 valence electrons. The molecule has 0 amide bonds. The molecule has 41 heteroatoms. The Bertz CT molecular complexity index is 1680. The molecule has 0 aliphatic rings. The Morgan fingerprint density at radius 3 is 0.344 bits per heavy atom. The van der Waals surface area contributed by atoms with Crippen LogP contribution >= 0.6 is 0 Å². The summed E-state index contributed by atoms with van der Waals surface area (Å²) in [5.41, 5.74) is 0. The smallest absolute Gasteiger partial charge is 0.199 e. The molecule has 0 atom stereocenters. The van der Waals surface area contributed by atoms with E-state index in [-0.39, 0.29) is 0 Å². The highest BCUT2D eigenvalue weighted by molar-refractivity contribution is 5.23. The summed E-state index contributed by atoms with van der Waals surface area (Å²) in [6.45, 7) is -0.954. The van der Waals surface area contributed by atoms with E-state index in [1.165, 1.54) is 0 Å². The van der Waals surface area contributed by atoms with Gasteiger partial charge in [-0.05, 0) is 0 Å². The molecule has 64 heavy (non-hydrogen) atoms. The molecule has 0 rings (SSSR count). The third-order valence-corrected chi connectivity index (χ3v) is 8.20. The van der Waals surface area contributed by atoms with Crippen molar-refractivity contribution in [1.82, 2.24) is 0 Å². The van der Waals surface area contributed by atoms with Crippen LogP contribution in [0.15, 0.2) is 0 Å². The lowest BCUT2D eigenvalue weighted by atomic mass is 9.81. The van der Waals surface area contributed by atoms with Gasteiger partial charge in [0, 0.05) is 5.92 Å². The molecule has 0 bridgehead atoms. The molecule has 0 N–H and O–H groups in total. The van der Waals surface area contributed by atoms with E-state index < -0.39 is 138 Å². The van der Waals surface area contributed by atoms with Crippen molar-refractivity contribution in [1.29, 1.82) is 0 Å². The standard InChI is InChI=1S/C23H7F41/c1-3(2)4(24,25)5(26,27)6(28,29)7(30,31)8(32,33)9(34,35)10(36,37)11(38,39)12(40,41)13(42,43)14(44,45)15(46,47)16(48,49)17(50,51)18(52,53)19(54,55)20(56,57)21(58,59)22(60,61)23(62,63)64/h3H,1-2H3. The molecule has 0 aromatic carbocycles. The molecule has 0 aromatic rings. The number of hydrogen-bond acceptors (Lipinski definition) is 0. The minimum atomic E-state index is -10.6. The second-order valence-electron chi connectivity index (χ2n) is 12.6. The van der Waals surface area contributed by atoms with Crippen LogP contribution in [0.2, 0.25) is 0 Å². The van der Waals surface area contributed by atoms with Crippen molar-refractivity contribution in [2.75, 3.05) is 0 Å². The van der Waals surface area contributed by atoms with Crippen LogP contribution < -0.4 is 0 Å². The zero-order chi connectivity index (χ0) is 53.6. The van der Waals surface area contributed by atoms with Gasteiger partial charge in [-0.2, -0.15) is 180 Å². The van der Waals surface area contributed by atoms with Crippen molar-refractivity contribution in [3.05, 3.63) is 0 Å². The van der Waals surface area contributed by atoms with E-state index in [0.717, 1.165) is 0 Å². The average molecular weight is 1060 g/mol. The first-order chi connectivity index (χ1) is 26.7. The fraction of sp³-hybridized carbons (Fsp3) is 1.00. The summed E-state index contributed by atoms with van der Waals surface area (Å²) in [7, 11) is 0. The highest BCUT2D eigenvalue weighted by atomic mass is 19.4. The Morgan fingerprint density at radius 1 is 0.156 bits per heavy atom. The molecule has 0 radical (unpaired) electrons. The second kappa shape index (κ2) is 14.6. The highest BCUT2D eigenvalue weighted by Crippen LogP contribution is 2.71. The normalized spacial score (nSPS) is 17.4. The molecule has 0 saturated heterocycles. The average Bonchev–Trinajstić information content (AvgIpc) is 3.05. The Kier molecular flexibility index (Phi) is 13.9. The SMILES string of the molecule is CC(C)C(F)(F)C(F)(F)C(F)(F)C(F)(F)C(F)(F)C(F)(F)C(F)(F)C(F)(F)C(F)(F)C(F)(F)C(F)(F)C(F)(F)C(F)(F)C(F)(F)C(F)(F)C(F)(F)C(F)(F)C(F)(F)C(F)(F)C(F)(F)F.